The van der Waals surface area contributed by atoms with Gasteiger partial charge in [-0.05, 0) is 24.3 Å². The first-order valence-corrected chi connectivity index (χ1v) is 7.20. The van der Waals surface area contributed by atoms with E-state index in [9.17, 15) is 12.8 Å². The SMILES string of the molecule is CCS(=O)(=O)c1cnc(N)nc1-c1ccc(F)cc1. The van der Waals surface area contributed by atoms with Crippen molar-refractivity contribution >= 4 is 15.8 Å². The predicted octanol–water partition coefficient (Wildman–Crippen LogP) is 1.66. The van der Waals surface area contributed by atoms with Gasteiger partial charge in [0.15, 0.2) is 9.84 Å². The van der Waals surface area contributed by atoms with Gasteiger partial charge in [-0.15, -0.1) is 0 Å². The number of hydrogen-bond donors (Lipinski definition) is 1. The van der Waals surface area contributed by atoms with Gasteiger partial charge in [0.05, 0.1) is 17.6 Å². The molecular weight excluding hydrogens is 269 g/mol. The summed E-state index contributed by atoms with van der Waals surface area (Å²) in [6.07, 6.45) is 1.18. The van der Waals surface area contributed by atoms with Gasteiger partial charge in [-0.2, -0.15) is 0 Å². The van der Waals surface area contributed by atoms with Crippen molar-refractivity contribution in [2.45, 2.75) is 11.8 Å². The van der Waals surface area contributed by atoms with E-state index in [-0.39, 0.29) is 22.3 Å². The number of anilines is 1. The normalized spacial score (nSPS) is 11.5. The molecule has 2 rings (SSSR count). The summed E-state index contributed by atoms with van der Waals surface area (Å²) < 4.78 is 36.9. The molecule has 2 N–H and O–H groups in total. The smallest absolute Gasteiger partial charge is 0.220 e. The van der Waals surface area contributed by atoms with Crippen molar-refractivity contribution in [2.24, 2.45) is 0 Å². The van der Waals surface area contributed by atoms with Crippen molar-refractivity contribution in [3.63, 3.8) is 0 Å². The maximum Gasteiger partial charge on any atom is 0.220 e. The van der Waals surface area contributed by atoms with Crippen LogP contribution < -0.4 is 5.73 Å². The standard InChI is InChI=1S/C12H12FN3O2S/c1-2-19(17,18)10-7-15-12(14)16-11(10)8-3-5-9(13)6-4-8/h3-7H,2H2,1H3,(H2,14,15,16). The molecule has 1 aromatic carbocycles. The van der Waals surface area contributed by atoms with E-state index in [1.165, 1.54) is 37.4 Å². The highest BCUT2D eigenvalue weighted by atomic mass is 32.2. The molecule has 100 valence electrons. The topological polar surface area (TPSA) is 85.9 Å². The number of halogens is 1. The molecule has 1 heterocycles. The summed E-state index contributed by atoms with van der Waals surface area (Å²) in [6.45, 7) is 1.53. The van der Waals surface area contributed by atoms with E-state index in [0.717, 1.165) is 0 Å². The molecule has 0 radical (unpaired) electrons. The largest absolute Gasteiger partial charge is 0.368 e. The Kier molecular flexibility index (Phi) is 3.48. The molecule has 0 unspecified atom stereocenters. The van der Waals surface area contributed by atoms with Gasteiger partial charge in [-0.3, -0.25) is 0 Å². The molecule has 0 spiro atoms. The Labute approximate surface area is 110 Å². The van der Waals surface area contributed by atoms with Crippen LogP contribution in [0.2, 0.25) is 0 Å². The second-order valence-electron chi connectivity index (χ2n) is 3.85. The highest BCUT2D eigenvalue weighted by Crippen LogP contribution is 2.26. The van der Waals surface area contributed by atoms with Crippen molar-refractivity contribution in [1.29, 1.82) is 0 Å². The highest BCUT2D eigenvalue weighted by Gasteiger charge is 2.20. The van der Waals surface area contributed by atoms with E-state index in [4.69, 9.17) is 5.73 Å². The third-order valence-electron chi connectivity index (χ3n) is 2.61. The first kappa shape index (κ1) is 13.4. The Balaban J connectivity index is 2.68. The van der Waals surface area contributed by atoms with Crippen LogP contribution in [0, 0.1) is 5.82 Å². The zero-order valence-corrected chi connectivity index (χ0v) is 11.0. The van der Waals surface area contributed by atoms with Crippen LogP contribution >= 0.6 is 0 Å². The van der Waals surface area contributed by atoms with Crippen LogP contribution in [0.4, 0.5) is 10.3 Å². The third-order valence-corrected chi connectivity index (χ3v) is 4.34. The highest BCUT2D eigenvalue weighted by molar-refractivity contribution is 7.91. The molecule has 19 heavy (non-hydrogen) atoms. The minimum absolute atomic E-state index is 0.00388. The number of hydrogen-bond acceptors (Lipinski definition) is 5. The number of sulfone groups is 1. The molecule has 0 aliphatic carbocycles. The molecular formula is C12H12FN3O2S. The Bertz CT molecular complexity index is 699. The van der Waals surface area contributed by atoms with E-state index in [1.54, 1.807) is 0 Å². The summed E-state index contributed by atoms with van der Waals surface area (Å²) in [7, 11) is -3.48. The lowest BCUT2D eigenvalue weighted by Gasteiger charge is -2.08. The van der Waals surface area contributed by atoms with E-state index in [2.05, 4.69) is 9.97 Å². The number of rotatable bonds is 3. The molecule has 1 aromatic heterocycles. The minimum atomic E-state index is -3.48. The number of benzene rings is 1. The monoisotopic (exact) mass is 281 g/mol. The van der Waals surface area contributed by atoms with Gasteiger partial charge in [-0.25, -0.2) is 22.8 Å². The van der Waals surface area contributed by atoms with Gasteiger partial charge < -0.3 is 5.73 Å². The van der Waals surface area contributed by atoms with Gasteiger partial charge in [0.1, 0.15) is 10.7 Å². The predicted molar refractivity (Wildman–Crippen MR) is 69.6 cm³/mol. The summed E-state index contributed by atoms with van der Waals surface area (Å²) in [5, 5.41) is 0. The molecule has 7 heteroatoms. The lowest BCUT2D eigenvalue weighted by molar-refractivity contribution is 0.597. The zero-order chi connectivity index (χ0) is 14.0. The number of nitrogens with zero attached hydrogens (tertiary/aromatic N) is 2. The molecule has 2 aromatic rings. The van der Waals surface area contributed by atoms with E-state index < -0.39 is 15.7 Å². The van der Waals surface area contributed by atoms with Crippen molar-refractivity contribution < 1.29 is 12.8 Å². The lowest BCUT2D eigenvalue weighted by Crippen LogP contribution is -2.09. The van der Waals surface area contributed by atoms with E-state index in [1.807, 2.05) is 0 Å². The fourth-order valence-corrected chi connectivity index (χ4v) is 2.56. The Morgan fingerprint density at radius 3 is 2.47 bits per heavy atom. The third kappa shape index (κ3) is 2.70. The minimum Gasteiger partial charge on any atom is -0.368 e. The second kappa shape index (κ2) is 4.93. The lowest BCUT2D eigenvalue weighted by atomic mass is 10.1. The molecule has 5 nitrogen and oxygen atoms in total. The molecule has 0 fully saturated rings. The van der Waals surface area contributed by atoms with Crippen molar-refractivity contribution in [1.82, 2.24) is 9.97 Å². The quantitative estimate of drug-likeness (QED) is 0.924. The van der Waals surface area contributed by atoms with Crippen molar-refractivity contribution in [3.05, 3.63) is 36.3 Å². The average molecular weight is 281 g/mol. The molecule has 0 atom stereocenters. The first-order valence-electron chi connectivity index (χ1n) is 5.55. The maximum atomic E-state index is 12.9. The fraction of sp³-hybridized carbons (Fsp3) is 0.167. The molecule has 0 saturated carbocycles. The van der Waals surface area contributed by atoms with E-state index in [0.29, 0.717) is 5.56 Å². The van der Waals surface area contributed by atoms with Crippen LogP contribution in [0.5, 0.6) is 0 Å². The summed E-state index contributed by atoms with van der Waals surface area (Å²) in [6, 6.07) is 5.36. The van der Waals surface area contributed by atoms with Crippen LogP contribution in [0.1, 0.15) is 6.92 Å². The summed E-state index contributed by atoms with van der Waals surface area (Å²) in [5.74, 6) is -0.519. The molecule has 0 bridgehead atoms. The van der Waals surface area contributed by atoms with Crippen LogP contribution in [-0.4, -0.2) is 24.1 Å². The molecule has 0 aliphatic rings. The fourth-order valence-electron chi connectivity index (χ4n) is 1.58. The van der Waals surface area contributed by atoms with Crippen molar-refractivity contribution in [2.75, 3.05) is 11.5 Å². The van der Waals surface area contributed by atoms with Gasteiger partial charge in [0, 0.05) is 5.56 Å². The molecule has 0 saturated heterocycles. The Hall–Kier alpha value is -2.02. The van der Waals surface area contributed by atoms with Gasteiger partial charge >= 0.3 is 0 Å². The summed E-state index contributed by atoms with van der Waals surface area (Å²) in [4.78, 5) is 7.66. The van der Waals surface area contributed by atoms with Gasteiger partial charge in [0.2, 0.25) is 5.95 Å². The average Bonchev–Trinajstić information content (AvgIpc) is 2.39. The van der Waals surface area contributed by atoms with Gasteiger partial charge in [0.25, 0.3) is 0 Å². The number of nitrogen functional groups attached to an aromatic ring is 1. The second-order valence-corrected chi connectivity index (χ2v) is 6.10. The van der Waals surface area contributed by atoms with E-state index >= 15 is 0 Å². The Morgan fingerprint density at radius 2 is 1.89 bits per heavy atom. The van der Waals surface area contributed by atoms with Gasteiger partial charge in [-0.1, -0.05) is 6.92 Å². The summed E-state index contributed by atoms with van der Waals surface area (Å²) >= 11 is 0. The van der Waals surface area contributed by atoms with Crippen molar-refractivity contribution in [3.8, 4) is 11.3 Å². The zero-order valence-electron chi connectivity index (χ0n) is 10.2. The summed E-state index contributed by atoms with van der Waals surface area (Å²) in [5.41, 5.74) is 6.15. The molecule has 0 amide bonds. The number of nitrogens with two attached hydrogens (primary N) is 1. The van der Waals surface area contributed by atoms with Crippen LogP contribution in [0.15, 0.2) is 35.4 Å². The number of aromatic nitrogens is 2. The van der Waals surface area contributed by atoms with Crippen LogP contribution in [0.3, 0.4) is 0 Å². The first-order chi connectivity index (χ1) is 8.94. The maximum absolute atomic E-state index is 12.9. The van der Waals surface area contributed by atoms with Crippen LogP contribution in [-0.2, 0) is 9.84 Å². The Morgan fingerprint density at radius 1 is 1.26 bits per heavy atom. The van der Waals surface area contributed by atoms with Crippen LogP contribution in [0.25, 0.3) is 11.3 Å². The molecule has 0 aliphatic heterocycles.